The molecule has 0 aromatic heterocycles. The van der Waals surface area contributed by atoms with Crippen LogP contribution in [-0.2, 0) is 4.74 Å². The molecule has 0 atom stereocenters. The van der Waals surface area contributed by atoms with Crippen molar-refractivity contribution >= 4 is 5.69 Å². The Hall–Kier alpha value is -1.22. The van der Waals surface area contributed by atoms with Crippen LogP contribution in [-0.4, -0.2) is 26.4 Å². The fraction of sp³-hybridized carbons (Fsp3) is 0.571. The van der Waals surface area contributed by atoms with Crippen LogP contribution in [0.4, 0.5) is 5.69 Å². The number of benzene rings is 1. The molecule has 96 valence electrons. The van der Waals surface area contributed by atoms with Crippen LogP contribution < -0.4 is 10.1 Å². The first-order valence-electron chi connectivity index (χ1n) is 6.27. The van der Waals surface area contributed by atoms with Crippen molar-refractivity contribution in [3.05, 3.63) is 24.3 Å². The van der Waals surface area contributed by atoms with Crippen molar-refractivity contribution in [2.75, 3.05) is 31.7 Å². The van der Waals surface area contributed by atoms with Crippen molar-refractivity contribution in [1.29, 1.82) is 0 Å². The van der Waals surface area contributed by atoms with E-state index < -0.39 is 0 Å². The lowest BCUT2D eigenvalue weighted by molar-refractivity contribution is 0.118. The zero-order valence-corrected chi connectivity index (χ0v) is 11.0. The van der Waals surface area contributed by atoms with Gasteiger partial charge in [0.2, 0.25) is 0 Å². The minimum absolute atomic E-state index is 0.589. The van der Waals surface area contributed by atoms with Crippen molar-refractivity contribution < 1.29 is 9.47 Å². The van der Waals surface area contributed by atoms with Gasteiger partial charge in [-0.15, -0.1) is 0 Å². The Morgan fingerprint density at radius 1 is 1.24 bits per heavy atom. The average molecular weight is 237 g/mol. The molecule has 0 saturated heterocycles. The van der Waals surface area contributed by atoms with E-state index in [0.717, 1.165) is 31.2 Å². The second kappa shape index (κ2) is 7.96. The topological polar surface area (TPSA) is 30.5 Å². The van der Waals surface area contributed by atoms with Gasteiger partial charge in [0.1, 0.15) is 5.75 Å². The average Bonchev–Trinajstić information content (AvgIpc) is 2.31. The molecule has 1 N–H and O–H groups in total. The number of rotatable bonds is 8. The highest BCUT2D eigenvalue weighted by Crippen LogP contribution is 2.23. The molecule has 1 aromatic carbocycles. The molecule has 17 heavy (non-hydrogen) atoms. The molecular formula is C14H23NO2. The molecule has 3 nitrogen and oxygen atoms in total. The van der Waals surface area contributed by atoms with Gasteiger partial charge in [-0.1, -0.05) is 26.0 Å². The third-order valence-corrected chi connectivity index (χ3v) is 2.20. The monoisotopic (exact) mass is 237 g/mol. The van der Waals surface area contributed by atoms with E-state index in [1.807, 2.05) is 31.2 Å². The fourth-order valence-corrected chi connectivity index (χ4v) is 1.47. The van der Waals surface area contributed by atoms with Gasteiger partial charge in [-0.05, 0) is 25.0 Å². The molecule has 0 aliphatic rings. The molecule has 3 heteroatoms. The Morgan fingerprint density at radius 3 is 2.71 bits per heavy atom. The molecule has 0 bridgehead atoms. The molecule has 0 heterocycles. The lowest BCUT2D eigenvalue weighted by Gasteiger charge is -2.12. The van der Waals surface area contributed by atoms with Gasteiger partial charge in [-0.25, -0.2) is 0 Å². The van der Waals surface area contributed by atoms with Gasteiger partial charge in [0.25, 0.3) is 0 Å². The van der Waals surface area contributed by atoms with Gasteiger partial charge in [-0.2, -0.15) is 0 Å². The molecule has 0 unspecified atom stereocenters. The largest absolute Gasteiger partial charge is 0.492 e. The van der Waals surface area contributed by atoms with E-state index in [1.165, 1.54) is 0 Å². The van der Waals surface area contributed by atoms with Gasteiger partial charge < -0.3 is 14.8 Å². The molecule has 1 aromatic rings. The first-order valence-corrected chi connectivity index (χ1v) is 6.27. The zero-order chi connectivity index (χ0) is 12.5. The number of hydrogen-bond donors (Lipinski definition) is 1. The van der Waals surface area contributed by atoms with E-state index in [4.69, 9.17) is 9.47 Å². The Bertz CT molecular complexity index is 313. The van der Waals surface area contributed by atoms with E-state index in [-0.39, 0.29) is 0 Å². The highest BCUT2D eigenvalue weighted by atomic mass is 16.5. The van der Waals surface area contributed by atoms with E-state index in [9.17, 15) is 0 Å². The third kappa shape index (κ3) is 5.59. The minimum Gasteiger partial charge on any atom is -0.492 e. The molecule has 1 rings (SSSR count). The summed E-state index contributed by atoms with van der Waals surface area (Å²) in [5, 5.41) is 3.32. The van der Waals surface area contributed by atoms with Crippen LogP contribution in [0.1, 0.15) is 20.8 Å². The molecule has 0 aliphatic heterocycles. The predicted molar refractivity (Wildman–Crippen MR) is 71.8 cm³/mol. The maximum absolute atomic E-state index is 5.53. The maximum atomic E-state index is 5.53. The number of para-hydroxylation sites is 2. The highest BCUT2D eigenvalue weighted by Gasteiger charge is 2.01. The van der Waals surface area contributed by atoms with Crippen LogP contribution in [0.5, 0.6) is 5.75 Å². The molecule has 0 amide bonds. The van der Waals surface area contributed by atoms with Crippen molar-refractivity contribution in [2.24, 2.45) is 5.92 Å². The number of hydrogen-bond acceptors (Lipinski definition) is 3. The van der Waals surface area contributed by atoms with Crippen LogP contribution in [0, 0.1) is 5.92 Å². The van der Waals surface area contributed by atoms with E-state index >= 15 is 0 Å². The first kappa shape index (κ1) is 13.8. The summed E-state index contributed by atoms with van der Waals surface area (Å²) in [5.74, 6) is 1.49. The first-order chi connectivity index (χ1) is 8.24. The van der Waals surface area contributed by atoms with Gasteiger partial charge in [0, 0.05) is 13.2 Å². The highest BCUT2D eigenvalue weighted by molar-refractivity contribution is 5.56. The summed E-state index contributed by atoms with van der Waals surface area (Å²) >= 11 is 0. The van der Waals surface area contributed by atoms with Crippen LogP contribution in [0.3, 0.4) is 0 Å². The molecule has 0 saturated carbocycles. The number of ether oxygens (including phenoxy) is 2. The lowest BCUT2D eigenvalue weighted by atomic mass is 10.2. The summed E-state index contributed by atoms with van der Waals surface area (Å²) < 4.78 is 11.0. The van der Waals surface area contributed by atoms with Crippen LogP contribution in [0.15, 0.2) is 24.3 Å². The second-order valence-electron chi connectivity index (χ2n) is 4.32. The van der Waals surface area contributed by atoms with Gasteiger partial charge in [0.05, 0.1) is 18.9 Å². The summed E-state index contributed by atoms with van der Waals surface area (Å²) in [6.45, 7) is 9.31. The molecule has 0 aliphatic carbocycles. The normalized spacial score (nSPS) is 10.6. The smallest absolute Gasteiger partial charge is 0.142 e. The lowest BCUT2D eigenvalue weighted by Crippen LogP contribution is -2.12. The van der Waals surface area contributed by atoms with Crippen LogP contribution in [0.2, 0.25) is 0 Å². The van der Waals surface area contributed by atoms with Crippen molar-refractivity contribution in [2.45, 2.75) is 20.8 Å². The van der Waals surface area contributed by atoms with Gasteiger partial charge in [-0.3, -0.25) is 0 Å². The van der Waals surface area contributed by atoms with Gasteiger partial charge >= 0.3 is 0 Å². The summed E-state index contributed by atoms with van der Waals surface area (Å²) in [5.41, 5.74) is 1.03. The molecule has 0 fully saturated rings. The summed E-state index contributed by atoms with van der Waals surface area (Å²) in [6, 6.07) is 7.97. The third-order valence-electron chi connectivity index (χ3n) is 2.20. The summed E-state index contributed by atoms with van der Waals surface area (Å²) in [6.07, 6.45) is 0. The Labute approximate surface area is 104 Å². The van der Waals surface area contributed by atoms with Crippen LogP contribution >= 0.6 is 0 Å². The second-order valence-corrected chi connectivity index (χ2v) is 4.32. The minimum atomic E-state index is 0.589. The Kier molecular flexibility index (Phi) is 6.48. The Morgan fingerprint density at radius 2 is 2.00 bits per heavy atom. The van der Waals surface area contributed by atoms with Crippen LogP contribution in [0.25, 0.3) is 0 Å². The molecular weight excluding hydrogens is 214 g/mol. The van der Waals surface area contributed by atoms with E-state index in [0.29, 0.717) is 12.5 Å². The summed E-state index contributed by atoms with van der Waals surface area (Å²) in [4.78, 5) is 0. The zero-order valence-electron chi connectivity index (χ0n) is 11.0. The SMILES string of the molecule is CCOc1ccccc1NCCOCC(C)C. The quantitative estimate of drug-likeness (QED) is 0.704. The predicted octanol–water partition coefficient (Wildman–Crippen LogP) is 3.17. The standard InChI is InChI=1S/C14H23NO2/c1-4-17-14-8-6-5-7-13(14)15-9-10-16-11-12(2)3/h5-8,12,15H,4,9-11H2,1-3H3. The number of nitrogens with one attached hydrogen (secondary N) is 1. The van der Waals surface area contributed by atoms with Crippen molar-refractivity contribution in [3.63, 3.8) is 0 Å². The van der Waals surface area contributed by atoms with Crippen molar-refractivity contribution in [3.8, 4) is 5.75 Å². The fourth-order valence-electron chi connectivity index (χ4n) is 1.47. The van der Waals surface area contributed by atoms with E-state index in [2.05, 4.69) is 19.2 Å². The molecule has 0 radical (unpaired) electrons. The van der Waals surface area contributed by atoms with Crippen molar-refractivity contribution in [1.82, 2.24) is 0 Å². The number of anilines is 1. The Balaban J connectivity index is 2.30. The maximum Gasteiger partial charge on any atom is 0.142 e. The molecule has 0 spiro atoms. The summed E-state index contributed by atoms with van der Waals surface area (Å²) in [7, 11) is 0. The van der Waals surface area contributed by atoms with E-state index in [1.54, 1.807) is 0 Å². The van der Waals surface area contributed by atoms with Gasteiger partial charge in [0.15, 0.2) is 0 Å².